The van der Waals surface area contributed by atoms with E-state index in [0.29, 0.717) is 30.3 Å². The van der Waals surface area contributed by atoms with Gasteiger partial charge in [0.2, 0.25) is 0 Å². The Bertz CT molecular complexity index is 915. The molecule has 4 rings (SSSR count). The van der Waals surface area contributed by atoms with Gasteiger partial charge in [0.1, 0.15) is 23.9 Å². The summed E-state index contributed by atoms with van der Waals surface area (Å²) in [6.07, 6.45) is 5.67. The molecular weight excluding hydrogens is 359 g/mol. The second kappa shape index (κ2) is 8.10. The monoisotopic (exact) mass is 384 g/mol. The molecule has 0 radical (unpaired) electrons. The molecule has 0 spiro atoms. The Morgan fingerprint density at radius 2 is 2.00 bits per heavy atom. The molecule has 1 fully saturated rings. The largest absolute Gasteiger partial charge is 0.497 e. The predicted molar refractivity (Wildman–Crippen MR) is 103 cm³/mol. The first kappa shape index (κ1) is 18.6. The summed E-state index contributed by atoms with van der Waals surface area (Å²) in [6.45, 7) is 3.06. The van der Waals surface area contributed by atoms with Crippen LogP contribution in [0.25, 0.3) is 0 Å². The molecule has 3 heterocycles. The van der Waals surface area contributed by atoms with Crippen LogP contribution in [0.4, 0.5) is 4.39 Å². The van der Waals surface area contributed by atoms with E-state index in [1.165, 1.54) is 6.07 Å². The number of methoxy groups -OCH3 is 1. The molecule has 0 aliphatic carbocycles. The van der Waals surface area contributed by atoms with Gasteiger partial charge in [-0.3, -0.25) is 9.58 Å². The highest BCUT2D eigenvalue weighted by atomic mass is 19.1. The lowest BCUT2D eigenvalue weighted by atomic mass is 9.95. The van der Waals surface area contributed by atoms with Crippen LogP contribution < -0.4 is 4.74 Å². The number of hydrogen-bond donors (Lipinski definition) is 0. The van der Waals surface area contributed by atoms with E-state index in [-0.39, 0.29) is 5.82 Å². The Morgan fingerprint density at radius 3 is 2.68 bits per heavy atom. The van der Waals surface area contributed by atoms with Gasteiger partial charge in [0, 0.05) is 43.5 Å². The predicted octanol–water partition coefficient (Wildman–Crippen LogP) is 2.59. The molecule has 0 bridgehead atoms. The first-order chi connectivity index (χ1) is 13.6. The molecule has 7 nitrogen and oxygen atoms in total. The molecule has 1 saturated heterocycles. The minimum Gasteiger partial charge on any atom is -0.497 e. The summed E-state index contributed by atoms with van der Waals surface area (Å²) >= 11 is 0. The first-order valence-corrected chi connectivity index (χ1v) is 9.54. The molecule has 3 aromatic rings. The molecule has 28 heavy (non-hydrogen) atoms. The molecular formula is C20H25FN6O. The maximum Gasteiger partial charge on any atom is 0.154 e. The topological polar surface area (TPSA) is 61.0 Å². The van der Waals surface area contributed by atoms with Gasteiger partial charge in [-0.25, -0.2) is 4.39 Å². The standard InChI is InChI=1S/C20H25FN6O/c1-25-19(14-27-9-3-8-22-27)23-24-20(25)15-6-10-26(11-7-15)13-16-4-5-17(28-2)12-18(16)21/h3-5,8-9,12,15H,6-7,10-11,13-14H2,1-2H3. The van der Waals surface area contributed by atoms with Crippen molar-refractivity contribution in [2.45, 2.75) is 31.8 Å². The molecule has 1 aliphatic rings. The van der Waals surface area contributed by atoms with E-state index in [1.807, 2.05) is 36.1 Å². The van der Waals surface area contributed by atoms with Crippen LogP contribution in [0, 0.1) is 5.82 Å². The minimum atomic E-state index is -0.210. The normalized spacial score (nSPS) is 15.8. The third kappa shape index (κ3) is 3.91. The van der Waals surface area contributed by atoms with E-state index in [2.05, 4.69) is 24.8 Å². The second-order valence-corrected chi connectivity index (χ2v) is 7.24. The van der Waals surface area contributed by atoms with Crippen LogP contribution in [0.3, 0.4) is 0 Å². The molecule has 0 unspecified atom stereocenters. The van der Waals surface area contributed by atoms with Gasteiger partial charge >= 0.3 is 0 Å². The number of rotatable bonds is 6. The van der Waals surface area contributed by atoms with Gasteiger partial charge in [-0.1, -0.05) is 6.07 Å². The Hall–Kier alpha value is -2.74. The molecule has 0 amide bonds. The SMILES string of the molecule is COc1ccc(CN2CCC(c3nnc(Cn4cccn4)n3C)CC2)c(F)c1. The van der Waals surface area contributed by atoms with Crippen molar-refractivity contribution >= 4 is 0 Å². The minimum absolute atomic E-state index is 0.210. The summed E-state index contributed by atoms with van der Waals surface area (Å²) in [4.78, 5) is 2.29. The summed E-state index contributed by atoms with van der Waals surface area (Å²) in [6, 6.07) is 6.97. The van der Waals surface area contributed by atoms with Crippen LogP contribution in [0.2, 0.25) is 0 Å². The van der Waals surface area contributed by atoms with Gasteiger partial charge in [0.15, 0.2) is 5.82 Å². The van der Waals surface area contributed by atoms with Crippen molar-refractivity contribution in [3.05, 3.63) is 59.7 Å². The first-order valence-electron chi connectivity index (χ1n) is 9.54. The van der Waals surface area contributed by atoms with Gasteiger partial charge in [-0.05, 0) is 38.1 Å². The van der Waals surface area contributed by atoms with E-state index in [9.17, 15) is 4.39 Å². The Morgan fingerprint density at radius 1 is 1.18 bits per heavy atom. The van der Waals surface area contributed by atoms with Crippen molar-refractivity contribution in [1.29, 1.82) is 0 Å². The zero-order chi connectivity index (χ0) is 19.5. The summed E-state index contributed by atoms with van der Waals surface area (Å²) in [5.41, 5.74) is 0.708. The fraction of sp³-hybridized carbons (Fsp3) is 0.450. The number of nitrogens with zero attached hydrogens (tertiary/aromatic N) is 6. The molecule has 1 aromatic carbocycles. The van der Waals surface area contributed by atoms with E-state index in [1.54, 1.807) is 13.3 Å². The molecule has 148 valence electrons. The molecule has 1 aliphatic heterocycles. The number of halogens is 1. The third-order valence-electron chi connectivity index (χ3n) is 5.47. The highest BCUT2D eigenvalue weighted by Gasteiger charge is 2.25. The van der Waals surface area contributed by atoms with Crippen molar-refractivity contribution in [1.82, 2.24) is 29.4 Å². The second-order valence-electron chi connectivity index (χ2n) is 7.24. The summed E-state index contributed by atoms with van der Waals surface area (Å²) in [7, 11) is 3.57. The summed E-state index contributed by atoms with van der Waals surface area (Å²) in [5, 5.41) is 13.0. The lowest BCUT2D eigenvalue weighted by Gasteiger charge is -2.31. The number of hydrogen-bond acceptors (Lipinski definition) is 5. The molecule has 0 atom stereocenters. The van der Waals surface area contributed by atoms with Crippen LogP contribution in [-0.4, -0.2) is 49.6 Å². The molecule has 2 aromatic heterocycles. The van der Waals surface area contributed by atoms with Crippen molar-refractivity contribution in [3.63, 3.8) is 0 Å². The average molecular weight is 384 g/mol. The number of likely N-dealkylation sites (tertiary alicyclic amines) is 1. The highest BCUT2D eigenvalue weighted by molar-refractivity contribution is 5.28. The average Bonchev–Trinajstić information content (AvgIpc) is 3.35. The summed E-state index contributed by atoms with van der Waals surface area (Å²) in [5.74, 6) is 2.64. The van der Waals surface area contributed by atoms with Crippen LogP contribution >= 0.6 is 0 Å². The zero-order valence-corrected chi connectivity index (χ0v) is 16.3. The smallest absolute Gasteiger partial charge is 0.154 e. The van der Waals surface area contributed by atoms with Crippen LogP contribution in [0.1, 0.15) is 36.0 Å². The zero-order valence-electron chi connectivity index (χ0n) is 16.3. The Kier molecular flexibility index (Phi) is 5.38. The maximum absolute atomic E-state index is 14.2. The number of piperidine rings is 1. The summed E-state index contributed by atoms with van der Waals surface area (Å²) < 4.78 is 23.2. The van der Waals surface area contributed by atoms with E-state index in [4.69, 9.17) is 4.74 Å². The van der Waals surface area contributed by atoms with E-state index >= 15 is 0 Å². The van der Waals surface area contributed by atoms with E-state index in [0.717, 1.165) is 37.6 Å². The van der Waals surface area contributed by atoms with Gasteiger partial charge < -0.3 is 9.30 Å². The molecule has 0 saturated carbocycles. The van der Waals surface area contributed by atoms with Crippen LogP contribution in [-0.2, 0) is 20.1 Å². The van der Waals surface area contributed by atoms with E-state index < -0.39 is 0 Å². The van der Waals surface area contributed by atoms with Crippen molar-refractivity contribution in [2.24, 2.45) is 7.05 Å². The van der Waals surface area contributed by atoms with Gasteiger partial charge in [-0.15, -0.1) is 10.2 Å². The molecule has 0 N–H and O–H groups in total. The highest BCUT2D eigenvalue weighted by Crippen LogP contribution is 2.28. The van der Waals surface area contributed by atoms with Gasteiger partial charge in [0.25, 0.3) is 0 Å². The number of ether oxygens (including phenoxy) is 1. The van der Waals surface area contributed by atoms with Crippen molar-refractivity contribution in [3.8, 4) is 5.75 Å². The Balaban J connectivity index is 1.36. The third-order valence-corrected chi connectivity index (χ3v) is 5.47. The van der Waals surface area contributed by atoms with Crippen molar-refractivity contribution < 1.29 is 9.13 Å². The Labute approximate surface area is 163 Å². The number of benzene rings is 1. The van der Waals surface area contributed by atoms with Crippen LogP contribution in [0.5, 0.6) is 5.75 Å². The van der Waals surface area contributed by atoms with Crippen molar-refractivity contribution in [2.75, 3.05) is 20.2 Å². The lowest BCUT2D eigenvalue weighted by molar-refractivity contribution is 0.198. The molecule has 8 heteroatoms. The number of aromatic nitrogens is 5. The maximum atomic E-state index is 14.2. The van der Waals surface area contributed by atoms with Gasteiger partial charge in [-0.2, -0.15) is 5.10 Å². The fourth-order valence-corrected chi connectivity index (χ4v) is 3.78. The lowest BCUT2D eigenvalue weighted by Crippen LogP contribution is -2.33. The van der Waals surface area contributed by atoms with Gasteiger partial charge in [0.05, 0.1) is 7.11 Å². The quantitative estimate of drug-likeness (QED) is 0.654. The van der Waals surface area contributed by atoms with Crippen LogP contribution in [0.15, 0.2) is 36.7 Å². The fourth-order valence-electron chi connectivity index (χ4n) is 3.78.